The van der Waals surface area contributed by atoms with Gasteiger partial charge in [0.05, 0.1) is 9.79 Å². The number of nitrogens with zero attached hydrogens (tertiary/aromatic N) is 1. The second-order valence-corrected chi connectivity index (χ2v) is 18.8. The van der Waals surface area contributed by atoms with Gasteiger partial charge in [0.25, 0.3) is 20.2 Å². The van der Waals surface area contributed by atoms with Crippen LogP contribution in [0.2, 0.25) is 0 Å². The first-order chi connectivity index (χ1) is 26.6. The van der Waals surface area contributed by atoms with Crippen LogP contribution in [0.1, 0.15) is 95.4 Å². The molecule has 5 rings (SSSR count). The molecule has 4 N–H and O–H groups in total. The molecule has 0 radical (unpaired) electrons. The van der Waals surface area contributed by atoms with Crippen LogP contribution in [0.3, 0.4) is 0 Å². The van der Waals surface area contributed by atoms with E-state index in [0.717, 1.165) is 100 Å². The van der Waals surface area contributed by atoms with Crippen LogP contribution in [-0.2, 0) is 42.3 Å². The van der Waals surface area contributed by atoms with Gasteiger partial charge in [-0.1, -0.05) is 84.0 Å². The van der Waals surface area contributed by atoms with E-state index in [9.17, 15) is 30.7 Å². The molecular formula is C45H54N2O8S2. The highest BCUT2D eigenvalue weighted by atomic mass is 32.2. The number of carboxylic acid groups (broad SMARTS) is 1. The summed E-state index contributed by atoms with van der Waals surface area (Å²) >= 11 is 0. The van der Waals surface area contributed by atoms with Crippen molar-refractivity contribution in [3.63, 3.8) is 0 Å². The Hall–Kier alpha value is -4.75. The lowest BCUT2D eigenvalue weighted by Crippen LogP contribution is -2.27. The molecule has 0 spiro atoms. The first-order valence-electron chi connectivity index (χ1n) is 19.2. The Bertz CT molecular complexity index is 2400. The summed E-state index contributed by atoms with van der Waals surface area (Å²) < 4.78 is 67.9. The average molecular weight is 815 g/mol. The number of aliphatic carboxylic acids is 1. The molecule has 0 aromatic heterocycles. The predicted molar refractivity (Wildman–Crippen MR) is 227 cm³/mol. The minimum Gasteiger partial charge on any atom is -0.481 e. The van der Waals surface area contributed by atoms with Crippen molar-refractivity contribution in [3.05, 3.63) is 142 Å². The van der Waals surface area contributed by atoms with Gasteiger partial charge in [-0.3, -0.25) is 13.9 Å². The van der Waals surface area contributed by atoms with Gasteiger partial charge < -0.3 is 15.3 Å². The van der Waals surface area contributed by atoms with Gasteiger partial charge in [-0.2, -0.15) is 16.8 Å². The zero-order valence-electron chi connectivity index (χ0n) is 33.6. The lowest BCUT2D eigenvalue weighted by Gasteiger charge is -2.29. The summed E-state index contributed by atoms with van der Waals surface area (Å²) in [6, 6.07) is 17.1. The Kier molecular flexibility index (Phi) is 12.9. The van der Waals surface area contributed by atoms with Crippen molar-refractivity contribution in [2.24, 2.45) is 0 Å². The molecule has 0 atom stereocenters. The van der Waals surface area contributed by atoms with Crippen molar-refractivity contribution >= 4 is 37.6 Å². The molecule has 0 amide bonds. The third kappa shape index (κ3) is 9.87. The Morgan fingerprint density at radius 3 is 2.23 bits per heavy atom. The molecule has 3 aromatic carbocycles. The molecule has 10 nitrogen and oxygen atoms in total. The molecule has 0 saturated heterocycles. The minimum absolute atomic E-state index is 0.0426. The van der Waals surface area contributed by atoms with Gasteiger partial charge in [0.1, 0.15) is 0 Å². The van der Waals surface area contributed by atoms with Crippen molar-refractivity contribution in [1.29, 1.82) is 0 Å². The van der Waals surface area contributed by atoms with E-state index < -0.39 is 37.0 Å². The summed E-state index contributed by atoms with van der Waals surface area (Å²) in [6.45, 7) is 17.2. The highest BCUT2D eigenvalue weighted by Crippen LogP contribution is 2.49. The minimum atomic E-state index is -4.40. The fraction of sp³-hybridized carbons (Fsp3) is 0.356. The van der Waals surface area contributed by atoms with Crippen LogP contribution < -0.4 is 10.2 Å². The van der Waals surface area contributed by atoms with E-state index in [4.69, 9.17) is 5.11 Å². The van der Waals surface area contributed by atoms with Crippen LogP contribution in [0.5, 0.6) is 0 Å². The summed E-state index contributed by atoms with van der Waals surface area (Å²) in [5, 5.41) is 12.8. The molecule has 304 valence electrons. The number of allylic oxidation sites excluding steroid dienone is 8. The van der Waals surface area contributed by atoms with Gasteiger partial charge in [0.15, 0.2) is 0 Å². The lowest BCUT2D eigenvalue weighted by molar-refractivity contribution is -0.136. The maximum absolute atomic E-state index is 12.1. The van der Waals surface area contributed by atoms with Crippen LogP contribution >= 0.6 is 0 Å². The predicted octanol–water partition coefficient (Wildman–Crippen LogP) is 9.85. The van der Waals surface area contributed by atoms with E-state index >= 15 is 0 Å². The van der Waals surface area contributed by atoms with E-state index in [-0.39, 0.29) is 16.2 Å². The monoisotopic (exact) mass is 814 g/mol. The van der Waals surface area contributed by atoms with Crippen LogP contribution in [0.25, 0.3) is 0 Å². The summed E-state index contributed by atoms with van der Waals surface area (Å²) in [5.41, 5.74) is 8.60. The lowest BCUT2D eigenvalue weighted by atomic mass is 9.76. The number of benzene rings is 3. The van der Waals surface area contributed by atoms with E-state index in [1.165, 1.54) is 18.2 Å². The largest absolute Gasteiger partial charge is 0.481 e. The smallest absolute Gasteiger partial charge is 0.303 e. The van der Waals surface area contributed by atoms with Crippen molar-refractivity contribution in [2.45, 2.75) is 107 Å². The average Bonchev–Trinajstić information content (AvgIpc) is 3.35. The highest BCUT2D eigenvalue weighted by molar-refractivity contribution is 7.86. The third-order valence-electron chi connectivity index (χ3n) is 11.2. The third-order valence-corrected chi connectivity index (χ3v) is 12.9. The first-order valence-corrected chi connectivity index (χ1v) is 22.1. The molecule has 57 heavy (non-hydrogen) atoms. The topological polar surface area (TPSA) is 161 Å². The Balaban J connectivity index is 1.59. The Morgan fingerprint density at radius 1 is 0.947 bits per heavy atom. The number of carbonyl (C=O) groups is 1. The zero-order chi connectivity index (χ0) is 41.9. The maximum Gasteiger partial charge on any atom is 0.303 e. The summed E-state index contributed by atoms with van der Waals surface area (Å²) in [5.74, 6) is -0.850. The van der Waals surface area contributed by atoms with E-state index in [1.54, 1.807) is 18.2 Å². The number of unbranched alkanes of at least 4 members (excludes halogenated alkanes) is 1. The van der Waals surface area contributed by atoms with Crippen LogP contribution in [0.4, 0.5) is 11.4 Å². The van der Waals surface area contributed by atoms with Crippen LogP contribution in [-0.4, -0.2) is 43.6 Å². The molecule has 12 heteroatoms. The van der Waals surface area contributed by atoms with Gasteiger partial charge in [0, 0.05) is 46.6 Å². The van der Waals surface area contributed by atoms with Gasteiger partial charge in [-0.15, -0.1) is 0 Å². The zero-order valence-corrected chi connectivity index (χ0v) is 35.2. The molecule has 0 unspecified atom stereocenters. The van der Waals surface area contributed by atoms with Gasteiger partial charge in [0.2, 0.25) is 0 Å². The van der Waals surface area contributed by atoms with Gasteiger partial charge in [-0.25, -0.2) is 0 Å². The second-order valence-electron chi connectivity index (χ2n) is 15.9. The van der Waals surface area contributed by atoms with Crippen LogP contribution in [0, 0.1) is 6.92 Å². The number of anilines is 2. The molecule has 0 fully saturated rings. The molecular weight excluding hydrogens is 761 g/mol. The molecule has 0 saturated carbocycles. The fourth-order valence-electron chi connectivity index (χ4n) is 7.64. The maximum atomic E-state index is 12.1. The number of nitrogens with one attached hydrogen (secondary N) is 1. The number of hydrogen-bond acceptors (Lipinski definition) is 7. The molecule has 2 aliphatic rings. The van der Waals surface area contributed by atoms with Crippen molar-refractivity contribution in [3.8, 4) is 0 Å². The summed E-state index contributed by atoms with van der Waals surface area (Å²) in [4.78, 5) is 13.1. The summed E-state index contributed by atoms with van der Waals surface area (Å²) in [6.07, 6.45) is 13.1. The van der Waals surface area contributed by atoms with Crippen molar-refractivity contribution in [1.82, 2.24) is 0 Å². The van der Waals surface area contributed by atoms with Gasteiger partial charge >= 0.3 is 5.97 Å². The summed E-state index contributed by atoms with van der Waals surface area (Å²) in [7, 11) is -8.79. The van der Waals surface area contributed by atoms with Gasteiger partial charge in [-0.05, 0) is 127 Å². The van der Waals surface area contributed by atoms with Crippen LogP contribution in [0.15, 0.2) is 129 Å². The molecule has 1 aliphatic heterocycles. The molecule has 1 heterocycles. The second kappa shape index (κ2) is 17.0. The first kappa shape index (κ1) is 43.4. The van der Waals surface area contributed by atoms with E-state index in [2.05, 4.69) is 55.8 Å². The Labute approximate surface area is 337 Å². The number of carboxylic acids is 1. The fourth-order valence-corrected chi connectivity index (χ4v) is 8.65. The molecule has 0 bridgehead atoms. The number of aryl methyl sites for hydroxylation is 2. The number of hydrogen-bond donors (Lipinski definition) is 4. The normalized spacial score (nSPS) is 17.4. The number of fused-ring (bicyclic) bond motifs is 1. The molecule has 3 aromatic rings. The molecule has 1 aliphatic carbocycles. The van der Waals surface area contributed by atoms with Crippen molar-refractivity contribution < 1.29 is 35.8 Å². The van der Waals surface area contributed by atoms with E-state index in [1.807, 2.05) is 51.1 Å². The SMILES string of the molecule is C=C(/C=C/C1=C(Nc2ccc(CCC(=O)O)cc2)C(=C/C=C2/N(CCCC)c3ccc(S(=O)(=O)O)cc3C2(C)C)/CCC1)C(C)(C)c1cc(S(=O)(=O)O)ccc1C. The number of rotatable bonds is 15. The van der Waals surface area contributed by atoms with E-state index in [0.29, 0.717) is 6.42 Å². The Morgan fingerprint density at radius 2 is 1.60 bits per heavy atom. The standard InChI is InChI=1S/C45H54N2O8S2/c1-8-9-27-47-40-24-23-37(57(53,54)55)29-39(40)45(6,7)41(47)25-19-34-12-10-11-33(43(34)46-35-20-15-32(16-21-35)17-26-42(48)49)18-14-31(3)44(4,5)38-28-36(56(50,51)52)22-13-30(38)2/h13-16,18-25,28-29,46H,3,8-12,17,26-27H2,1-2,4-7H3,(H,48,49)(H,50,51,52)(H,53,54,55)/b18-14+,34-19+,41-25+. The van der Waals surface area contributed by atoms with Crippen molar-refractivity contribution in [2.75, 3.05) is 16.8 Å². The quantitative estimate of drug-likeness (QED) is 0.0859. The highest BCUT2D eigenvalue weighted by Gasteiger charge is 2.40.